The molecule has 0 aliphatic carbocycles. The van der Waals surface area contributed by atoms with Crippen LogP contribution in [0.2, 0.25) is 0 Å². The smallest absolute Gasteiger partial charge is 0.322 e. The van der Waals surface area contributed by atoms with Crippen molar-refractivity contribution < 1.29 is 4.84 Å². The molecule has 0 unspecified atom stereocenters. The van der Waals surface area contributed by atoms with Gasteiger partial charge in [-0.05, 0) is 12.2 Å². The molecule has 2 nitrogen and oxygen atoms in total. The molecule has 0 amide bonds. The van der Waals surface area contributed by atoms with Crippen LogP contribution < -0.4 is 0 Å². The van der Waals surface area contributed by atoms with E-state index in [-0.39, 0.29) is 0 Å². The summed E-state index contributed by atoms with van der Waals surface area (Å²) < 4.78 is 0. The molecular weight excluding hydrogens is 86.1 g/mol. The number of thiocarbonyl (C=S) groups is 1. The molecule has 1 saturated heterocycles. The van der Waals surface area contributed by atoms with Crippen LogP contribution >= 0.6 is 12.2 Å². The second kappa shape index (κ2) is 0.597. The summed E-state index contributed by atoms with van der Waals surface area (Å²) in [6, 6.07) is 0. The molecule has 0 spiro atoms. The molecule has 0 bridgehead atoms. The van der Waals surface area contributed by atoms with Gasteiger partial charge in [0.2, 0.25) is 0 Å². The molecule has 0 saturated carbocycles. The Balaban J connectivity index is 2.47. The molecule has 28 valence electrons. The summed E-state index contributed by atoms with van der Waals surface area (Å²) in [7, 11) is 1.77. The van der Waals surface area contributed by atoms with Crippen molar-refractivity contribution in [2.45, 2.75) is 0 Å². The first-order chi connectivity index (χ1) is 2.30. The van der Waals surface area contributed by atoms with Gasteiger partial charge in [-0.3, -0.25) is 0 Å². The van der Waals surface area contributed by atoms with E-state index in [1.165, 1.54) is 5.06 Å². The SMILES string of the molecule is CN1OC1=S. The first-order valence-corrected chi connectivity index (χ1v) is 1.67. The molecule has 0 aromatic carbocycles. The summed E-state index contributed by atoms with van der Waals surface area (Å²) in [5.41, 5.74) is 0. The van der Waals surface area contributed by atoms with Crippen molar-refractivity contribution in [1.29, 1.82) is 0 Å². The molecule has 0 N–H and O–H groups in total. The van der Waals surface area contributed by atoms with Crippen LogP contribution in [0.1, 0.15) is 0 Å². The third kappa shape index (κ3) is 0.326. The van der Waals surface area contributed by atoms with Crippen LogP contribution in [0.25, 0.3) is 0 Å². The molecule has 3 heteroatoms. The maximum Gasteiger partial charge on any atom is 0.322 e. The summed E-state index contributed by atoms with van der Waals surface area (Å²) in [5, 5.41) is 2.11. The maximum absolute atomic E-state index is 4.48. The Morgan fingerprint density at radius 1 is 2.00 bits per heavy atom. The Kier molecular flexibility index (Phi) is 0.346. The standard InChI is InChI=1S/C2H3NOS/c1-3-2(5)4-3/h1H3. The van der Waals surface area contributed by atoms with E-state index in [0.29, 0.717) is 5.17 Å². The third-order valence-electron chi connectivity index (χ3n) is 0.440. The van der Waals surface area contributed by atoms with Crippen molar-refractivity contribution in [2.24, 2.45) is 0 Å². The fourth-order valence-electron chi connectivity index (χ4n) is 0.0967. The topological polar surface area (TPSA) is 15.5 Å². The Morgan fingerprint density at radius 3 is 2.20 bits per heavy atom. The minimum absolute atomic E-state index is 0.588. The highest BCUT2D eigenvalue weighted by molar-refractivity contribution is 7.80. The Labute approximate surface area is 35.3 Å². The zero-order valence-electron chi connectivity index (χ0n) is 2.76. The molecule has 0 aromatic heterocycles. The summed E-state index contributed by atoms with van der Waals surface area (Å²) in [6.45, 7) is 0. The number of nitrogens with zero attached hydrogens (tertiary/aromatic N) is 1. The normalized spacial score (nSPS) is 18.6. The fraction of sp³-hybridized carbons (Fsp3) is 0.500. The molecule has 1 rings (SSSR count). The van der Waals surface area contributed by atoms with Gasteiger partial charge in [0.25, 0.3) is 0 Å². The van der Waals surface area contributed by atoms with E-state index in [2.05, 4.69) is 17.1 Å². The van der Waals surface area contributed by atoms with E-state index in [0.717, 1.165) is 0 Å². The number of hydroxylamine groups is 2. The predicted octanol–water partition coefficient (Wildman–Crippen LogP) is 0.148. The summed E-state index contributed by atoms with van der Waals surface area (Å²) in [5.74, 6) is 0. The van der Waals surface area contributed by atoms with Gasteiger partial charge in [0.1, 0.15) is 0 Å². The largest absolute Gasteiger partial charge is 0.342 e. The van der Waals surface area contributed by atoms with Gasteiger partial charge in [-0.25, -0.2) is 0 Å². The van der Waals surface area contributed by atoms with Crippen molar-refractivity contribution in [1.82, 2.24) is 5.06 Å². The van der Waals surface area contributed by atoms with Crippen LogP contribution in [0.5, 0.6) is 0 Å². The molecule has 1 heterocycles. The van der Waals surface area contributed by atoms with Gasteiger partial charge in [-0.1, -0.05) is 0 Å². The quantitative estimate of drug-likeness (QED) is 0.310. The molecule has 0 atom stereocenters. The second-order valence-electron chi connectivity index (χ2n) is 0.855. The third-order valence-corrected chi connectivity index (χ3v) is 0.771. The molecule has 1 aliphatic heterocycles. The number of rotatable bonds is 0. The number of hydrogen-bond donors (Lipinski definition) is 0. The lowest BCUT2D eigenvalue weighted by Crippen LogP contribution is -1.78. The highest BCUT2D eigenvalue weighted by Gasteiger charge is 2.21. The lowest BCUT2D eigenvalue weighted by atomic mass is 11.3. The van der Waals surface area contributed by atoms with E-state index in [1.54, 1.807) is 7.05 Å². The maximum atomic E-state index is 4.48. The van der Waals surface area contributed by atoms with E-state index in [1.807, 2.05) is 0 Å². The fourth-order valence-corrected chi connectivity index (χ4v) is 0.209. The lowest BCUT2D eigenvalue weighted by molar-refractivity contribution is 0.243. The lowest BCUT2D eigenvalue weighted by Gasteiger charge is -1.61. The van der Waals surface area contributed by atoms with Crippen LogP contribution in [-0.4, -0.2) is 17.3 Å². The summed E-state index contributed by atoms with van der Waals surface area (Å²) in [4.78, 5) is 4.48. The summed E-state index contributed by atoms with van der Waals surface area (Å²) >= 11 is 4.47. The van der Waals surface area contributed by atoms with Crippen molar-refractivity contribution in [3.63, 3.8) is 0 Å². The highest BCUT2D eigenvalue weighted by Crippen LogP contribution is 2.05. The number of hydrogen-bond acceptors (Lipinski definition) is 2. The molecule has 1 fully saturated rings. The van der Waals surface area contributed by atoms with E-state index >= 15 is 0 Å². The van der Waals surface area contributed by atoms with Gasteiger partial charge in [0.15, 0.2) is 0 Å². The van der Waals surface area contributed by atoms with E-state index in [4.69, 9.17) is 0 Å². The van der Waals surface area contributed by atoms with Crippen LogP contribution in [-0.2, 0) is 4.84 Å². The second-order valence-corrected chi connectivity index (χ2v) is 1.20. The molecule has 0 radical (unpaired) electrons. The Bertz CT molecular complexity index is 72.0. The van der Waals surface area contributed by atoms with Gasteiger partial charge >= 0.3 is 5.17 Å². The van der Waals surface area contributed by atoms with Crippen LogP contribution in [0, 0.1) is 0 Å². The average Bonchev–Trinajstić information content (AvgIpc) is 1.79. The van der Waals surface area contributed by atoms with Crippen LogP contribution in [0.3, 0.4) is 0 Å². The average molecular weight is 89.1 g/mol. The highest BCUT2D eigenvalue weighted by atomic mass is 32.1. The van der Waals surface area contributed by atoms with Gasteiger partial charge in [-0.2, -0.15) is 5.06 Å². The first-order valence-electron chi connectivity index (χ1n) is 1.26. The van der Waals surface area contributed by atoms with E-state index < -0.39 is 0 Å². The minimum atomic E-state index is 0.588. The first kappa shape index (κ1) is 2.90. The molecule has 1 aliphatic rings. The van der Waals surface area contributed by atoms with Crippen LogP contribution in [0.15, 0.2) is 0 Å². The van der Waals surface area contributed by atoms with Crippen molar-refractivity contribution in [3.8, 4) is 0 Å². The molecule has 0 aromatic rings. The van der Waals surface area contributed by atoms with Gasteiger partial charge in [-0.15, -0.1) is 0 Å². The molecular formula is C2H3NOS. The van der Waals surface area contributed by atoms with Crippen molar-refractivity contribution in [3.05, 3.63) is 0 Å². The monoisotopic (exact) mass is 89.0 g/mol. The molecule has 5 heavy (non-hydrogen) atoms. The van der Waals surface area contributed by atoms with Gasteiger partial charge < -0.3 is 4.84 Å². The van der Waals surface area contributed by atoms with E-state index in [9.17, 15) is 0 Å². The summed E-state index contributed by atoms with van der Waals surface area (Å²) in [6.07, 6.45) is 0. The van der Waals surface area contributed by atoms with Crippen LogP contribution in [0.4, 0.5) is 0 Å². The Hall–Kier alpha value is -0.310. The van der Waals surface area contributed by atoms with Crippen molar-refractivity contribution in [2.75, 3.05) is 7.05 Å². The zero-order chi connectivity index (χ0) is 3.86. The Morgan fingerprint density at radius 2 is 2.20 bits per heavy atom. The van der Waals surface area contributed by atoms with Gasteiger partial charge in [0.05, 0.1) is 0 Å². The zero-order valence-corrected chi connectivity index (χ0v) is 3.58. The minimum Gasteiger partial charge on any atom is -0.342 e. The van der Waals surface area contributed by atoms with Crippen molar-refractivity contribution >= 4 is 17.4 Å². The van der Waals surface area contributed by atoms with Gasteiger partial charge in [0, 0.05) is 7.05 Å². The predicted molar refractivity (Wildman–Crippen MR) is 21.4 cm³/mol.